The van der Waals surface area contributed by atoms with Crippen LogP contribution >= 0.6 is 0 Å². The van der Waals surface area contributed by atoms with Crippen LogP contribution in [0.15, 0.2) is 48.7 Å². The van der Waals surface area contributed by atoms with Gasteiger partial charge in [0.05, 0.1) is 11.8 Å². The molecule has 0 bridgehead atoms. The lowest BCUT2D eigenvalue weighted by atomic mass is 10.1. The molecular formula is C25H33N3O3. The maximum absolute atomic E-state index is 12.9. The molecule has 2 fully saturated rings. The fraction of sp³-hybridized carbons (Fsp3) is 0.520. The van der Waals surface area contributed by atoms with Gasteiger partial charge in [0.25, 0.3) is 5.91 Å². The third-order valence-electron chi connectivity index (χ3n) is 6.17. The molecule has 166 valence electrons. The molecule has 6 nitrogen and oxygen atoms in total. The molecule has 0 N–H and O–H groups in total. The van der Waals surface area contributed by atoms with Crippen molar-refractivity contribution in [2.45, 2.75) is 51.4 Å². The number of amides is 1. The van der Waals surface area contributed by atoms with Gasteiger partial charge in [-0.3, -0.25) is 14.7 Å². The standard InChI is InChI=1S/C25H33N3O3/c1-2-28(19-24-7-5-17-30-24)25(29)20-8-10-22(11-9-20)31-23-12-15-27(16-13-23)18-21-6-3-4-14-26-21/h3-4,6,8-11,14,23-24H,2,5,7,12-13,15-19H2,1H3. The number of ether oxygens (including phenoxy) is 2. The molecule has 2 saturated heterocycles. The maximum atomic E-state index is 12.9. The van der Waals surface area contributed by atoms with Crippen LogP contribution in [0.5, 0.6) is 5.75 Å². The van der Waals surface area contributed by atoms with E-state index in [4.69, 9.17) is 9.47 Å². The predicted octanol–water partition coefficient (Wildman–Crippen LogP) is 3.77. The average molecular weight is 424 g/mol. The van der Waals surface area contributed by atoms with Crippen molar-refractivity contribution in [3.63, 3.8) is 0 Å². The Bertz CT molecular complexity index is 814. The number of piperidine rings is 1. The summed E-state index contributed by atoms with van der Waals surface area (Å²) in [5.41, 5.74) is 1.82. The van der Waals surface area contributed by atoms with Gasteiger partial charge in [-0.1, -0.05) is 6.07 Å². The molecule has 1 aromatic heterocycles. The predicted molar refractivity (Wildman–Crippen MR) is 120 cm³/mol. The molecule has 1 amide bonds. The second-order valence-electron chi connectivity index (χ2n) is 8.42. The molecule has 6 heteroatoms. The molecule has 0 aliphatic carbocycles. The van der Waals surface area contributed by atoms with Gasteiger partial charge in [0.2, 0.25) is 0 Å². The van der Waals surface area contributed by atoms with Crippen LogP contribution in [0.1, 0.15) is 48.7 Å². The van der Waals surface area contributed by atoms with Crippen LogP contribution in [-0.2, 0) is 11.3 Å². The molecule has 1 unspecified atom stereocenters. The molecule has 1 atom stereocenters. The lowest BCUT2D eigenvalue weighted by Gasteiger charge is -2.32. The van der Waals surface area contributed by atoms with Crippen molar-refractivity contribution in [1.82, 2.24) is 14.8 Å². The summed E-state index contributed by atoms with van der Waals surface area (Å²) in [6, 6.07) is 13.7. The van der Waals surface area contributed by atoms with E-state index in [2.05, 4.69) is 16.0 Å². The zero-order valence-electron chi connectivity index (χ0n) is 18.4. The summed E-state index contributed by atoms with van der Waals surface area (Å²) in [6.07, 6.45) is 6.36. The lowest BCUT2D eigenvalue weighted by molar-refractivity contribution is 0.0539. The van der Waals surface area contributed by atoms with Crippen molar-refractivity contribution in [2.24, 2.45) is 0 Å². The number of rotatable bonds is 8. The Labute approximate surface area is 185 Å². The Morgan fingerprint density at radius 2 is 1.97 bits per heavy atom. The number of hydrogen-bond acceptors (Lipinski definition) is 5. The summed E-state index contributed by atoms with van der Waals surface area (Å²) in [4.78, 5) is 21.6. The highest BCUT2D eigenvalue weighted by Crippen LogP contribution is 2.21. The Kier molecular flexibility index (Phi) is 7.54. The monoisotopic (exact) mass is 423 g/mol. The minimum absolute atomic E-state index is 0.0624. The van der Waals surface area contributed by atoms with E-state index in [1.807, 2.05) is 54.4 Å². The molecule has 31 heavy (non-hydrogen) atoms. The van der Waals surface area contributed by atoms with Gasteiger partial charge in [-0.15, -0.1) is 0 Å². The van der Waals surface area contributed by atoms with Gasteiger partial charge in [0.15, 0.2) is 0 Å². The summed E-state index contributed by atoms with van der Waals surface area (Å²) >= 11 is 0. The zero-order chi connectivity index (χ0) is 21.5. The minimum atomic E-state index is 0.0624. The second-order valence-corrected chi connectivity index (χ2v) is 8.42. The van der Waals surface area contributed by atoms with Crippen LogP contribution in [0, 0.1) is 0 Å². The van der Waals surface area contributed by atoms with Crippen molar-refractivity contribution in [3.05, 3.63) is 59.9 Å². The van der Waals surface area contributed by atoms with Gasteiger partial charge in [-0.25, -0.2) is 0 Å². The smallest absolute Gasteiger partial charge is 0.253 e. The first kappa shape index (κ1) is 21.8. The quantitative estimate of drug-likeness (QED) is 0.647. The van der Waals surface area contributed by atoms with Crippen molar-refractivity contribution in [1.29, 1.82) is 0 Å². The number of likely N-dealkylation sites (N-methyl/N-ethyl adjacent to an activating group) is 1. The molecule has 1 aromatic carbocycles. The van der Waals surface area contributed by atoms with E-state index < -0.39 is 0 Å². The Morgan fingerprint density at radius 3 is 2.61 bits per heavy atom. The molecular weight excluding hydrogens is 390 g/mol. The van der Waals surface area contributed by atoms with Crippen molar-refractivity contribution < 1.29 is 14.3 Å². The van der Waals surface area contributed by atoms with Crippen LogP contribution in [0.25, 0.3) is 0 Å². The van der Waals surface area contributed by atoms with Gasteiger partial charge in [0.1, 0.15) is 11.9 Å². The topological polar surface area (TPSA) is 54.9 Å². The van der Waals surface area contributed by atoms with Crippen LogP contribution in [0.3, 0.4) is 0 Å². The SMILES string of the molecule is CCN(CC1CCCO1)C(=O)c1ccc(OC2CCN(Cc3ccccn3)CC2)cc1. The molecule has 0 saturated carbocycles. The first-order valence-corrected chi connectivity index (χ1v) is 11.5. The molecule has 4 rings (SSSR count). The number of pyridine rings is 1. The molecule has 3 heterocycles. The van der Waals surface area contributed by atoms with E-state index in [-0.39, 0.29) is 18.1 Å². The Balaban J connectivity index is 1.25. The second kappa shape index (κ2) is 10.7. The molecule has 0 spiro atoms. The molecule has 2 aliphatic rings. The van der Waals surface area contributed by atoms with E-state index in [0.717, 1.165) is 63.4 Å². The normalized spacial score (nSPS) is 20.0. The summed E-state index contributed by atoms with van der Waals surface area (Å²) < 4.78 is 11.9. The van der Waals surface area contributed by atoms with E-state index in [1.165, 1.54) is 0 Å². The molecule has 2 aliphatic heterocycles. The fourth-order valence-electron chi connectivity index (χ4n) is 4.35. The molecule has 2 aromatic rings. The fourth-order valence-corrected chi connectivity index (χ4v) is 4.35. The van der Waals surface area contributed by atoms with Crippen LogP contribution in [-0.4, -0.2) is 65.7 Å². The molecule has 0 radical (unpaired) electrons. The summed E-state index contributed by atoms with van der Waals surface area (Å²) in [7, 11) is 0. The third-order valence-corrected chi connectivity index (χ3v) is 6.17. The van der Waals surface area contributed by atoms with Gasteiger partial charge >= 0.3 is 0 Å². The highest BCUT2D eigenvalue weighted by atomic mass is 16.5. The maximum Gasteiger partial charge on any atom is 0.253 e. The van der Waals surface area contributed by atoms with Crippen molar-refractivity contribution in [3.8, 4) is 5.75 Å². The first-order chi connectivity index (χ1) is 15.2. The largest absolute Gasteiger partial charge is 0.490 e. The van der Waals surface area contributed by atoms with Gasteiger partial charge < -0.3 is 14.4 Å². The average Bonchev–Trinajstić information content (AvgIpc) is 3.33. The van der Waals surface area contributed by atoms with Gasteiger partial charge in [-0.2, -0.15) is 0 Å². The number of nitrogens with zero attached hydrogens (tertiary/aromatic N) is 3. The first-order valence-electron chi connectivity index (χ1n) is 11.5. The van der Waals surface area contributed by atoms with E-state index in [9.17, 15) is 4.79 Å². The van der Waals surface area contributed by atoms with Crippen molar-refractivity contribution >= 4 is 5.91 Å². The Hall–Kier alpha value is -2.44. The summed E-state index contributed by atoms with van der Waals surface area (Å²) in [5.74, 6) is 0.897. The number of hydrogen-bond donors (Lipinski definition) is 0. The van der Waals surface area contributed by atoms with E-state index >= 15 is 0 Å². The van der Waals surface area contributed by atoms with Gasteiger partial charge in [0, 0.05) is 51.1 Å². The number of likely N-dealkylation sites (tertiary alicyclic amines) is 1. The van der Waals surface area contributed by atoms with Crippen LogP contribution < -0.4 is 4.74 Å². The number of carbonyl (C=O) groups is 1. The van der Waals surface area contributed by atoms with E-state index in [0.29, 0.717) is 18.7 Å². The van der Waals surface area contributed by atoms with Crippen LogP contribution in [0.2, 0.25) is 0 Å². The summed E-state index contributed by atoms with van der Waals surface area (Å²) in [6.45, 7) is 7.09. The summed E-state index contributed by atoms with van der Waals surface area (Å²) in [5, 5.41) is 0. The lowest BCUT2D eigenvalue weighted by Crippen LogP contribution is -2.38. The number of carbonyl (C=O) groups excluding carboxylic acids is 1. The number of aromatic nitrogens is 1. The zero-order valence-corrected chi connectivity index (χ0v) is 18.4. The van der Waals surface area contributed by atoms with Gasteiger partial charge in [-0.05, 0) is 69.0 Å². The Morgan fingerprint density at radius 1 is 1.16 bits per heavy atom. The van der Waals surface area contributed by atoms with E-state index in [1.54, 1.807) is 0 Å². The highest BCUT2D eigenvalue weighted by Gasteiger charge is 2.23. The number of benzene rings is 1. The van der Waals surface area contributed by atoms with Crippen LogP contribution in [0.4, 0.5) is 0 Å². The third kappa shape index (κ3) is 6.05. The highest BCUT2D eigenvalue weighted by molar-refractivity contribution is 5.94. The van der Waals surface area contributed by atoms with Crippen molar-refractivity contribution in [2.75, 3.05) is 32.8 Å². The minimum Gasteiger partial charge on any atom is -0.490 e.